The van der Waals surface area contributed by atoms with Gasteiger partial charge in [-0.05, 0) is 70.2 Å². The number of fused-ring (bicyclic) bond motifs is 1. The summed E-state index contributed by atoms with van der Waals surface area (Å²) < 4.78 is 34.0. The van der Waals surface area contributed by atoms with Crippen LogP contribution < -0.4 is 10.1 Å². The molecule has 2 atom stereocenters. The predicted octanol–water partition coefficient (Wildman–Crippen LogP) is 6.59. The number of anilines is 1. The predicted molar refractivity (Wildman–Crippen MR) is 152 cm³/mol. The number of carbonyl (C=O) groups excluding carboxylic acids is 1. The highest BCUT2D eigenvalue weighted by molar-refractivity contribution is 5.87. The van der Waals surface area contributed by atoms with Crippen LogP contribution in [0.1, 0.15) is 74.7 Å². The Bertz CT molecular complexity index is 1530. The maximum absolute atomic E-state index is 15.2. The zero-order valence-corrected chi connectivity index (χ0v) is 23.7. The maximum Gasteiger partial charge on any atom is 0.412 e. The van der Waals surface area contributed by atoms with Gasteiger partial charge in [0.2, 0.25) is 5.88 Å². The van der Waals surface area contributed by atoms with Crippen molar-refractivity contribution in [2.45, 2.75) is 71.5 Å². The van der Waals surface area contributed by atoms with Crippen LogP contribution in [0.5, 0.6) is 5.88 Å². The molecule has 1 fully saturated rings. The summed E-state index contributed by atoms with van der Waals surface area (Å²) in [6, 6.07) is 14.1. The number of benzene rings is 2. The fourth-order valence-corrected chi connectivity index (χ4v) is 4.87. The van der Waals surface area contributed by atoms with E-state index in [1.165, 1.54) is 23.0 Å². The van der Waals surface area contributed by atoms with Crippen molar-refractivity contribution in [3.8, 4) is 5.88 Å². The van der Waals surface area contributed by atoms with Crippen LogP contribution in [0.4, 0.5) is 14.9 Å². The molecule has 2 aromatic heterocycles. The molecule has 2 unspecified atom stereocenters. The SMILES string of the molecule is Cc1cc(NC(=O)OC(C)(C)C)c(C(O)c2ccc(F)c3c2cnn3C2CCCCO2)nc1OCc1ccccc1. The number of nitrogens with zero attached hydrogens (tertiary/aromatic N) is 3. The minimum atomic E-state index is -1.35. The summed E-state index contributed by atoms with van der Waals surface area (Å²) in [7, 11) is 0. The number of hydrogen-bond donors (Lipinski definition) is 2. The molecule has 2 N–H and O–H groups in total. The van der Waals surface area contributed by atoms with Crippen LogP contribution in [0.15, 0.2) is 54.7 Å². The molecule has 10 heteroatoms. The second kappa shape index (κ2) is 11.8. The van der Waals surface area contributed by atoms with Crippen LogP contribution in [0, 0.1) is 12.7 Å². The van der Waals surface area contributed by atoms with Crippen molar-refractivity contribution in [3.05, 3.63) is 82.9 Å². The molecule has 41 heavy (non-hydrogen) atoms. The van der Waals surface area contributed by atoms with E-state index >= 15 is 4.39 Å². The van der Waals surface area contributed by atoms with Crippen molar-refractivity contribution in [2.75, 3.05) is 11.9 Å². The number of hydrogen-bond acceptors (Lipinski definition) is 7. The van der Waals surface area contributed by atoms with Gasteiger partial charge in [-0.15, -0.1) is 0 Å². The zero-order valence-electron chi connectivity index (χ0n) is 23.7. The number of pyridine rings is 1. The number of amides is 1. The fourth-order valence-electron chi connectivity index (χ4n) is 4.87. The Kier molecular flexibility index (Phi) is 8.23. The van der Waals surface area contributed by atoms with E-state index in [1.807, 2.05) is 30.3 Å². The van der Waals surface area contributed by atoms with E-state index in [-0.39, 0.29) is 29.7 Å². The number of rotatable bonds is 7. The normalized spacial score (nSPS) is 16.4. The van der Waals surface area contributed by atoms with Crippen LogP contribution in [0.2, 0.25) is 0 Å². The molecule has 4 aromatic rings. The Morgan fingerprint density at radius 3 is 2.71 bits per heavy atom. The number of carbonyl (C=O) groups is 1. The van der Waals surface area contributed by atoms with Crippen LogP contribution in [-0.4, -0.2) is 38.2 Å². The molecule has 1 saturated heterocycles. The number of aliphatic hydroxyl groups is 1. The van der Waals surface area contributed by atoms with Gasteiger partial charge >= 0.3 is 6.09 Å². The first kappa shape index (κ1) is 28.5. The molecule has 0 radical (unpaired) electrons. The van der Waals surface area contributed by atoms with E-state index in [0.29, 0.717) is 35.4 Å². The Labute approximate surface area is 238 Å². The van der Waals surface area contributed by atoms with Crippen molar-refractivity contribution in [1.82, 2.24) is 14.8 Å². The maximum atomic E-state index is 15.2. The number of aryl methyl sites for hydroxylation is 1. The highest BCUT2D eigenvalue weighted by atomic mass is 19.1. The first-order valence-corrected chi connectivity index (χ1v) is 13.7. The Hall–Kier alpha value is -4.02. The van der Waals surface area contributed by atoms with Gasteiger partial charge in [-0.3, -0.25) is 5.32 Å². The lowest BCUT2D eigenvalue weighted by atomic mass is 10.00. The first-order chi connectivity index (χ1) is 19.6. The van der Waals surface area contributed by atoms with Crippen LogP contribution in [0.25, 0.3) is 10.9 Å². The van der Waals surface area contributed by atoms with E-state index in [4.69, 9.17) is 14.2 Å². The third-order valence-corrected chi connectivity index (χ3v) is 6.77. The minimum absolute atomic E-state index is 0.124. The monoisotopic (exact) mass is 562 g/mol. The van der Waals surface area contributed by atoms with Crippen LogP contribution in [0.3, 0.4) is 0 Å². The third-order valence-electron chi connectivity index (χ3n) is 6.77. The number of aromatic nitrogens is 3. The lowest BCUT2D eigenvalue weighted by Crippen LogP contribution is -2.28. The quantitative estimate of drug-likeness (QED) is 0.262. The van der Waals surface area contributed by atoms with Crippen molar-refractivity contribution < 1.29 is 28.5 Å². The molecule has 216 valence electrons. The summed E-state index contributed by atoms with van der Waals surface area (Å²) in [6.07, 6.45) is 1.70. The second-order valence-corrected chi connectivity index (χ2v) is 11.2. The van der Waals surface area contributed by atoms with Gasteiger partial charge in [-0.1, -0.05) is 36.4 Å². The van der Waals surface area contributed by atoms with Crippen molar-refractivity contribution >= 4 is 22.7 Å². The summed E-state index contributed by atoms with van der Waals surface area (Å²) in [6.45, 7) is 7.92. The molecular weight excluding hydrogens is 527 g/mol. The topological polar surface area (TPSA) is 108 Å². The molecule has 1 aliphatic rings. The Morgan fingerprint density at radius 2 is 2.00 bits per heavy atom. The van der Waals surface area contributed by atoms with Crippen molar-refractivity contribution in [2.24, 2.45) is 0 Å². The Balaban J connectivity index is 1.54. The summed E-state index contributed by atoms with van der Waals surface area (Å²) in [5.74, 6) is -0.180. The van der Waals surface area contributed by atoms with Crippen molar-refractivity contribution in [3.63, 3.8) is 0 Å². The molecule has 0 bridgehead atoms. The van der Waals surface area contributed by atoms with Crippen LogP contribution in [-0.2, 0) is 16.1 Å². The summed E-state index contributed by atoms with van der Waals surface area (Å²) in [4.78, 5) is 17.4. The molecule has 2 aromatic carbocycles. The summed E-state index contributed by atoms with van der Waals surface area (Å²) >= 11 is 0. The van der Waals surface area contributed by atoms with Gasteiger partial charge in [0.15, 0.2) is 6.23 Å². The lowest BCUT2D eigenvalue weighted by Gasteiger charge is -2.24. The van der Waals surface area contributed by atoms with Gasteiger partial charge in [0.25, 0.3) is 0 Å². The number of ether oxygens (including phenoxy) is 3. The average Bonchev–Trinajstić information content (AvgIpc) is 3.39. The van der Waals surface area contributed by atoms with Crippen molar-refractivity contribution in [1.29, 1.82) is 0 Å². The summed E-state index contributed by atoms with van der Waals surface area (Å²) in [5.41, 5.74) is 1.85. The fraction of sp³-hybridized carbons (Fsp3) is 0.387. The van der Waals surface area contributed by atoms with Gasteiger partial charge in [-0.25, -0.2) is 18.9 Å². The zero-order chi connectivity index (χ0) is 29.1. The largest absolute Gasteiger partial charge is 0.473 e. The van der Waals surface area contributed by atoms with Gasteiger partial charge in [0, 0.05) is 17.6 Å². The highest BCUT2D eigenvalue weighted by Gasteiger charge is 2.27. The molecule has 0 aliphatic carbocycles. The molecule has 1 amide bonds. The molecular formula is C31H35FN4O5. The average molecular weight is 563 g/mol. The molecule has 9 nitrogen and oxygen atoms in total. The molecule has 0 saturated carbocycles. The van der Waals surface area contributed by atoms with E-state index in [9.17, 15) is 9.90 Å². The molecule has 5 rings (SSSR count). The highest BCUT2D eigenvalue weighted by Crippen LogP contribution is 2.37. The van der Waals surface area contributed by atoms with Gasteiger partial charge in [0.05, 0.1) is 11.9 Å². The molecule has 1 aliphatic heterocycles. The van der Waals surface area contributed by atoms with Gasteiger partial charge in [-0.2, -0.15) is 5.10 Å². The van der Waals surface area contributed by atoms with E-state index in [1.54, 1.807) is 33.8 Å². The van der Waals surface area contributed by atoms with Crippen LogP contribution >= 0.6 is 0 Å². The lowest BCUT2D eigenvalue weighted by molar-refractivity contribution is -0.0369. The Morgan fingerprint density at radius 1 is 1.22 bits per heavy atom. The van der Waals surface area contributed by atoms with Gasteiger partial charge in [0.1, 0.15) is 35.3 Å². The van der Waals surface area contributed by atoms with E-state index in [0.717, 1.165) is 18.4 Å². The first-order valence-electron chi connectivity index (χ1n) is 13.7. The summed E-state index contributed by atoms with van der Waals surface area (Å²) in [5, 5.41) is 19.3. The number of nitrogens with one attached hydrogen (secondary N) is 1. The van der Waals surface area contributed by atoms with Gasteiger partial charge < -0.3 is 19.3 Å². The smallest absolute Gasteiger partial charge is 0.412 e. The number of aliphatic hydroxyl groups excluding tert-OH is 1. The second-order valence-electron chi connectivity index (χ2n) is 11.2. The minimum Gasteiger partial charge on any atom is -0.473 e. The molecule has 0 spiro atoms. The molecule has 3 heterocycles. The number of halogens is 1. The van der Waals surface area contributed by atoms with E-state index in [2.05, 4.69) is 15.4 Å². The third kappa shape index (κ3) is 6.49. The standard InChI is InChI=1S/C31H35FN4O5/c1-19-16-24(34-30(38)41-31(2,3)4)26(35-29(19)40-18-20-10-6-5-7-11-20)28(37)21-13-14-23(32)27-22(21)17-33-36(27)25-12-8-9-15-39-25/h5-7,10-11,13-14,16-17,25,28,37H,8-9,12,15,18H2,1-4H3,(H,34,38). The van der Waals surface area contributed by atoms with E-state index < -0.39 is 23.6 Å².